The van der Waals surface area contributed by atoms with Gasteiger partial charge in [-0.05, 0) is 40.9 Å². The van der Waals surface area contributed by atoms with Gasteiger partial charge in [0.2, 0.25) is 0 Å². The van der Waals surface area contributed by atoms with Gasteiger partial charge in [-0.25, -0.2) is 0 Å². The molecule has 3 heteroatoms. The highest BCUT2D eigenvalue weighted by Gasteiger charge is 2.16. The second kappa shape index (κ2) is 3.90. The third kappa shape index (κ3) is 2.09. The van der Waals surface area contributed by atoms with Crippen molar-refractivity contribution in [1.29, 1.82) is 0 Å². The number of hydrogen-bond donors (Lipinski definition) is 1. The Kier molecular flexibility index (Phi) is 2.84. The van der Waals surface area contributed by atoms with E-state index in [0.29, 0.717) is 0 Å². The summed E-state index contributed by atoms with van der Waals surface area (Å²) in [7, 11) is 0. The molecule has 0 radical (unpaired) electrons. The third-order valence-corrected chi connectivity index (χ3v) is 3.92. The third-order valence-electron chi connectivity index (χ3n) is 2.30. The zero-order valence-electron chi connectivity index (χ0n) is 6.85. The van der Waals surface area contributed by atoms with Gasteiger partial charge in [-0.3, -0.25) is 0 Å². The molecule has 0 unspecified atom stereocenters. The second-order valence-electron chi connectivity index (χ2n) is 3.21. The highest BCUT2D eigenvalue weighted by atomic mass is 79.9. The van der Waals surface area contributed by atoms with Crippen LogP contribution in [0.25, 0.3) is 0 Å². The van der Waals surface area contributed by atoms with Gasteiger partial charge in [-0.15, -0.1) is 11.3 Å². The molecule has 0 bridgehead atoms. The van der Waals surface area contributed by atoms with Gasteiger partial charge in [-0.2, -0.15) is 0 Å². The summed E-state index contributed by atoms with van der Waals surface area (Å²) in [5.41, 5.74) is 0. The lowest BCUT2D eigenvalue weighted by atomic mass is 9.93. The lowest BCUT2D eigenvalue weighted by Crippen LogP contribution is -2.34. The van der Waals surface area contributed by atoms with Gasteiger partial charge in [0.05, 0.1) is 3.79 Å². The maximum Gasteiger partial charge on any atom is 0.0701 e. The van der Waals surface area contributed by atoms with Crippen molar-refractivity contribution >= 4 is 27.3 Å². The molecule has 66 valence electrons. The van der Waals surface area contributed by atoms with Gasteiger partial charge in [0.25, 0.3) is 0 Å². The smallest absolute Gasteiger partial charge is 0.0701 e. The molecule has 0 spiro atoms. The van der Waals surface area contributed by atoms with Crippen LogP contribution in [0, 0.1) is 0 Å². The lowest BCUT2D eigenvalue weighted by molar-refractivity contribution is 0.339. The predicted molar refractivity (Wildman–Crippen MR) is 56.5 cm³/mol. The lowest BCUT2D eigenvalue weighted by Gasteiger charge is -2.26. The molecule has 1 aliphatic carbocycles. The molecule has 1 aliphatic rings. The summed E-state index contributed by atoms with van der Waals surface area (Å²) >= 11 is 5.28. The van der Waals surface area contributed by atoms with Crippen molar-refractivity contribution in [3.63, 3.8) is 0 Å². The van der Waals surface area contributed by atoms with Crippen LogP contribution in [0.2, 0.25) is 0 Å². The first-order chi connectivity index (χ1) is 5.84. The number of halogens is 1. The molecule has 0 amide bonds. The van der Waals surface area contributed by atoms with E-state index in [4.69, 9.17) is 0 Å². The topological polar surface area (TPSA) is 12.0 Å². The molecule has 1 nitrogen and oxygen atoms in total. The van der Waals surface area contributed by atoms with Crippen molar-refractivity contribution in [2.75, 3.05) is 0 Å². The Morgan fingerprint density at radius 3 is 2.83 bits per heavy atom. The Labute approximate surface area is 85.3 Å². The number of hydrogen-bond acceptors (Lipinski definition) is 2. The monoisotopic (exact) mass is 245 g/mol. The molecule has 1 N–H and O–H groups in total. The summed E-state index contributed by atoms with van der Waals surface area (Å²) in [5.74, 6) is 0. The normalized spacial score (nSPS) is 17.8. The summed E-state index contributed by atoms with van der Waals surface area (Å²) in [6.07, 6.45) is 4.14. The van der Waals surface area contributed by atoms with Crippen LogP contribution in [0.15, 0.2) is 15.9 Å². The summed E-state index contributed by atoms with van der Waals surface area (Å²) in [6, 6.07) is 5.09. The van der Waals surface area contributed by atoms with Gasteiger partial charge >= 0.3 is 0 Å². The van der Waals surface area contributed by atoms with E-state index in [-0.39, 0.29) is 0 Å². The Bertz CT molecular complexity index is 255. The molecule has 1 aromatic rings. The fourth-order valence-corrected chi connectivity index (χ4v) is 2.74. The highest BCUT2D eigenvalue weighted by Crippen LogP contribution is 2.23. The van der Waals surface area contributed by atoms with Crippen LogP contribution < -0.4 is 5.32 Å². The molecule has 1 fully saturated rings. The zero-order chi connectivity index (χ0) is 8.39. The van der Waals surface area contributed by atoms with Crippen LogP contribution in [0.5, 0.6) is 0 Å². The summed E-state index contributed by atoms with van der Waals surface area (Å²) in [6.45, 7) is 1.04. The van der Waals surface area contributed by atoms with E-state index >= 15 is 0 Å². The molecule has 1 saturated carbocycles. The maximum absolute atomic E-state index is 3.54. The van der Waals surface area contributed by atoms with E-state index in [1.807, 2.05) is 11.3 Å². The van der Waals surface area contributed by atoms with Gasteiger partial charge < -0.3 is 5.32 Å². The van der Waals surface area contributed by atoms with Crippen LogP contribution in [0.3, 0.4) is 0 Å². The molecule has 0 saturated heterocycles. The fourth-order valence-electron chi connectivity index (χ4n) is 1.30. The maximum atomic E-state index is 3.54. The SMILES string of the molecule is Brc1ccc(CNC2CCC2)s1. The van der Waals surface area contributed by atoms with Gasteiger partial charge in [0.1, 0.15) is 0 Å². The Morgan fingerprint density at radius 2 is 2.33 bits per heavy atom. The zero-order valence-corrected chi connectivity index (χ0v) is 9.25. The largest absolute Gasteiger partial charge is 0.309 e. The van der Waals surface area contributed by atoms with Gasteiger partial charge in [0.15, 0.2) is 0 Å². The summed E-state index contributed by atoms with van der Waals surface area (Å²) < 4.78 is 1.23. The first-order valence-electron chi connectivity index (χ1n) is 4.32. The van der Waals surface area contributed by atoms with Crippen molar-refractivity contribution in [2.45, 2.75) is 31.8 Å². The molecular weight excluding hydrogens is 234 g/mol. The molecule has 2 rings (SSSR count). The predicted octanol–water partition coefficient (Wildman–Crippen LogP) is 3.15. The first-order valence-corrected chi connectivity index (χ1v) is 5.93. The summed E-state index contributed by atoms with van der Waals surface area (Å²) in [5, 5.41) is 3.54. The van der Waals surface area contributed by atoms with Gasteiger partial charge in [0, 0.05) is 17.5 Å². The summed E-state index contributed by atoms with van der Waals surface area (Å²) in [4.78, 5) is 1.42. The Balaban J connectivity index is 1.79. The molecular formula is C9H12BrNS. The highest BCUT2D eigenvalue weighted by molar-refractivity contribution is 9.11. The standard InChI is InChI=1S/C9H12BrNS/c10-9-5-4-8(12-9)6-11-7-2-1-3-7/h4-5,7,11H,1-3,6H2. The van der Waals surface area contributed by atoms with E-state index in [9.17, 15) is 0 Å². The molecule has 12 heavy (non-hydrogen) atoms. The van der Waals surface area contributed by atoms with E-state index < -0.39 is 0 Å². The average molecular weight is 246 g/mol. The Hall–Kier alpha value is 0.140. The fraction of sp³-hybridized carbons (Fsp3) is 0.556. The average Bonchev–Trinajstić information content (AvgIpc) is 2.32. The van der Waals surface area contributed by atoms with Crippen LogP contribution in [0.4, 0.5) is 0 Å². The van der Waals surface area contributed by atoms with Crippen molar-refractivity contribution in [2.24, 2.45) is 0 Å². The van der Waals surface area contributed by atoms with Crippen LogP contribution in [0.1, 0.15) is 24.1 Å². The van der Waals surface area contributed by atoms with Crippen LogP contribution in [-0.2, 0) is 6.54 Å². The molecule has 1 heterocycles. The molecule has 1 aromatic heterocycles. The van der Waals surface area contributed by atoms with Crippen molar-refractivity contribution in [1.82, 2.24) is 5.32 Å². The Morgan fingerprint density at radius 1 is 1.50 bits per heavy atom. The molecule has 0 aliphatic heterocycles. The minimum Gasteiger partial charge on any atom is -0.309 e. The van der Waals surface area contributed by atoms with Gasteiger partial charge in [-0.1, -0.05) is 6.42 Å². The van der Waals surface area contributed by atoms with E-state index in [1.165, 1.54) is 27.9 Å². The number of rotatable bonds is 3. The number of thiophene rings is 1. The van der Waals surface area contributed by atoms with E-state index in [0.717, 1.165) is 12.6 Å². The molecule has 0 atom stereocenters. The van der Waals surface area contributed by atoms with Crippen molar-refractivity contribution in [3.05, 3.63) is 20.8 Å². The van der Waals surface area contributed by atoms with Crippen LogP contribution >= 0.6 is 27.3 Å². The van der Waals surface area contributed by atoms with E-state index in [2.05, 4.69) is 33.4 Å². The van der Waals surface area contributed by atoms with E-state index in [1.54, 1.807) is 0 Å². The minimum absolute atomic E-state index is 0.797. The quantitative estimate of drug-likeness (QED) is 0.863. The first kappa shape index (κ1) is 8.73. The van der Waals surface area contributed by atoms with Crippen molar-refractivity contribution < 1.29 is 0 Å². The molecule has 0 aromatic carbocycles. The number of nitrogens with one attached hydrogen (secondary N) is 1. The van der Waals surface area contributed by atoms with Crippen molar-refractivity contribution in [3.8, 4) is 0 Å². The minimum atomic E-state index is 0.797. The second-order valence-corrected chi connectivity index (χ2v) is 5.76. The van der Waals surface area contributed by atoms with Crippen LogP contribution in [-0.4, -0.2) is 6.04 Å².